The van der Waals surface area contributed by atoms with Crippen molar-refractivity contribution in [2.75, 3.05) is 34.3 Å². The van der Waals surface area contributed by atoms with Crippen molar-refractivity contribution >= 4 is 5.91 Å². The average Bonchev–Trinajstić information content (AvgIpc) is 3.04. The van der Waals surface area contributed by atoms with Crippen LogP contribution in [0.2, 0.25) is 0 Å². The van der Waals surface area contributed by atoms with E-state index in [1.54, 1.807) is 13.3 Å². The molecule has 0 spiro atoms. The summed E-state index contributed by atoms with van der Waals surface area (Å²) in [6.45, 7) is 4.66. The van der Waals surface area contributed by atoms with Crippen molar-refractivity contribution in [1.82, 2.24) is 19.4 Å². The van der Waals surface area contributed by atoms with Gasteiger partial charge in [0.05, 0.1) is 13.7 Å². The van der Waals surface area contributed by atoms with Gasteiger partial charge in [-0.25, -0.2) is 4.98 Å². The third-order valence-electron chi connectivity index (χ3n) is 4.09. The monoisotopic (exact) mass is 344 g/mol. The third kappa shape index (κ3) is 5.60. The molecule has 1 amide bonds. The fourth-order valence-corrected chi connectivity index (χ4v) is 2.61. The summed E-state index contributed by atoms with van der Waals surface area (Å²) < 4.78 is 7.37. The molecule has 0 aliphatic heterocycles. The van der Waals surface area contributed by atoms with E-state index in [9.17, 15) is 4.79 Å². The number of ether oxygens (including phenoxy) is 1. The highest BCUT2D eigenvalue weighted by Gasteiger charge is 2.15. The number of benzene rings is 1. The van der Waals surface area contributed by atoms with E-state index in [1.807, 2.05) is 50.3 Å². The maximum absolute atomic E-state index is 12.3. The van der Waals surface area contributed by atoms with Gasteiger partial charge in [-0.05, 0) is 31.8 Å². The molecule has 25 heavy (non-hydrogen) atoms. The van der Waals surface area contributed by atoms with Gasteiger partial charge in [0.2, 0.25) is 5.91 Å². The molecule has 0 atom stereocenters. The fourth-order valence-electron chi connectivity index (χ4n) is 2.61. The molecular weight excluding hydrogens is 316 g/mol. The molecule has 2 aromatic rings. The minimum absolute atomic E-state index is 0.151. The lowest BCUT2D eigenvalue weighted by molar-refractivity contribution is -0.131. The summed E-state index contributed by atoms with van der Waals surface area (Å²) in [6.07, 6.45) is 4.25. The molecule has 1 heterocycles. The van der Waals surface area contributed by atoms with E-state index >= 15 is 0 Å². The van der Waals surface area contributed by atoms with Gasteiger partial charge in [0, 0.05) is 38.4 Å². The first kappa shape index (κ1) is 19.0. The zero-order valence-electron chi connectivity index (χ0n) is 15.6. The molecule has 0 saturated heterocycles. The molecule has 6 nitrogen and oxygen atoms in total. The highest BCUT2D eigenvalue weighted by molar-refractivity contribution is 5.75. The Labute approximate surface area is 150 Å². The van der Waals surface area contributed by atoms with Crippen LogP contribution in [0, 0.1) is 0 Å². The Morgan fingerprint density at radius 2 is 2.08 bits per heavy atom. The van der Waals surface area contributed by atoms with Crippen molar-refractivity contribution in [2.45, 2.75) is 26.4 Å². The second kappa shape index (κ2) is 9.22. The Morgan fingerprint density at radius 3 is 2.76 bits per heavy atom. The summed E-state index contributed by atoms with van der Waals surface area (Å²) >= 11 is 0. The molecule has 0 bridgehead atoms. The molecule has 0 unspecified atom stereocenters. The molecule has 0 fully saturated rings. The van der Waals surface area contributed by atoms with Gasteiger partial charge in [-0.15, -0.1) is 0 Å². The molecular formula is C19H28N4O2. The number of imidazole rings is 1. The van der Waals surface area contributed by atoms with Crippen LogP contribution in [0.25, 0.3) is 0 Å². The van der Waals surface area contributed by atoms with Crippen molar-refractivity contribution in [3.8, 4) is 5.75 Å². The van der Waals surface area contributed by atoms with Gasteiger partial charge in [-0.2, -0.15) is 0 Å². The summed E-state index contributed by atoms with van der Waals surface area (Å²) in [5, 5.41) is 0. The maximum Gasteiger partial charge on any atom is 0.222 e. The Morgan fingerprint density at radius 1 is 1.28 bits per heavy atom. The first-order valence-electron chi connectivity index (χ1n) is 8.59. The van der Waals surface area contributed by atoms with Crippen LogP contribution in [0.4, 0.5) is 0 Å². The van der Waals surface area contributed by atoms with Crippen LogP contribution in [0.5, 0.6) is 5.75 Å². The number of likely N-dealkylation sites (N-methyl/N-ethyl adjacent to an activating group) is 1. The van der Waals surface area contributed by atoms with Gasteiger partial charge in [0.1, 0.15) is 11.6 Å². The van der Waals surface area contributed by atoms with Gasteiger partial charge < -0.3 is 19.1 Å². The van der Waals surface area contributed by atoms with Crippen LogP contribution in [-0.2, 0) is 17.9 Å². The van der Waals surface area contributed by atoms with E-state index in [0.717, 1.165) is 23.7 Å². The van der Waals surface area contributed by atoms with E-state index < -0.39 is 0 Å². The number of amides is 1. The van der Waals surface area contributed by atoms with E-state index in [0.29, 0.717) is 26.1 Å². The SMILES string of the molecule is CCC(=O)N(CCN(C)C)Cc1nccn1Cc1cccc(OC)c1. The van der Waals surface area contributed by atoms with Crippen molar-refractivity contribution in [2.24, 2.45) is 0 Å². The fraction of sp³-hybridized carbons (Fsp3) is 0.474. The zero-order chi connectivity index (χ0) is 18.2. The number of aromatic nitrogens is 2. The van der Waals surface area contributed by atoms with Gasteiger partial charge in [-0.1, -0.05) is 19.1 Å². The van der Waals surface area contributed by atoms with Crippen LogP contribution in [0.15, 0.2) is 36.7 Å². The zero-order valence-corrected chi connectivity index (χ0v) is 15.6. The summed E-state index contributed by atoms with van der Waals surface area (Å²) in [5.74, 6) is 1.88. The second-order valence-electron chi connectivity index (χ2n) is 6.30. The molecule has 1 aromatic heterocycles. The third-order valence-corrected chi connectivity index (χ3v) is 4.09. The molecule has 0 aliphatic carbocycles. The second-order valence-corrected chi connectivity index (χ2v) is 6.30. The van der Waals surface area contributed by atoms with E-state index in [-0.39, 0.29) is 5.91 Å². The van der Waals surface area contributed by atoms with Crippen LogP contribution in [-0.4, -0.2) is 59.6 Å². The van der Waals surface area contributed by atoms with Crippen LogP contribution in [0.3, 0.4) is 0 Å². The number of hydrogen-bond acceptors (Lipinski definition) is 4. The first-order valence-corrected chi connectivity index (χ1v) is 8.59. The van der Waals surface area contributed by atoms with Gasteiger partial charge in [0.15, 0.2) is 0 Å². The van der Waals surface area contributed by atoms with Gasteiger partial charge >= 0.3 is 0 Å². The van der Waals surface area contributed by atoms with Gasteiger partial charge in [-0.3, -0.25) is 4.79 Å². The van der Waals surface area contributed by atoms with Crippen LogP contribution in [0.1, 0.15) is 24.7 Å². The lowest BCUT2D eigenvalue weighted by Crippen LogP contribution is -2.36. The summed E-state index contributed by atoms with van der Waals surface area (Å²) in [6, 6.07) is 7.99. The minimum Gasteiger partial charge on any atom is -0.497 e. The highest BCUT2D eigenvalue weighted by Crippen LogP contribution is 2.15. The molecule has 0 aliphatic rings. The predicted octanol–water partition coefficient (Wildman–Crippen LogP) is 2.24. The highest BCUT2D eigenvalue weighted by atomic mass is 16.5. The molecule has 0 radical (unpaired) electrons. The van der Waals surface area contributed by atoms with Crippen molar-refractivity contribution in [1.29, 1.82) is 0 Å². The smallest absolute Gasteiger partial charge is 0.222 e. The van der Waals surface area contributed by atoms with Crippen LogP contribution >= 0.6 is 0 Å². The molecule has 1 aromatic carbocycles. The lowest BCUT2D eigenvalue weighted by atomic mass is 10.2. The van der Waals surface area contributed by atoms with Crippen molar-refractivity contribution < 1.29 is 9.53 Å². The lowest BCUT2D eigenvalue weighted by Gasteiger charge is -2.24. The minimum atomic E-state index is 0.151. The molecule has 0 saturated carbocycles. The standard InChI is InChI=1S/C19H28N4O2/c1-5-19(24)23(12-11-21(2)3)15-18-20-9-10-22(18)14-16-7-6-8-17(13-16)25-4/h6-10,13H,5,11-12,14-15H2,1-4H3. The first-order chi connectivity index (χ1) is 12.0. The Balaban J connectivity index is 2.11. The number of carbonyl (C=O) groups is 1. The topological polar surface area (TPSA) is 50.6 Å². The quantitative estimate of drug-likeness (QED) is 0.700. The van der Waals surface area contributed by atoms with Crippen molar-refractivity contribution in [3.63, 3.8) is 0 Å². The maximum atomic E-state index is 12.3. The summed E-state index contributed by atoms with van der Waals surface area (Å²) in [4.78, 5) is 20.7. The number of hydrogen-bond donors (Lipinski definition) is 0. The summed E-state index contributed by atoms with van der Waals surface area (Å²) in [5.41, 5.74) is 1.14. The number of carbonyl (C=O) groups excluding carboxylic acids is 1. The number of nitrogens with zero attached hydrogens (tertiary/aromatic N) is 4. The molecule has 6 heteroatoms. The average molecular weight is 344 g/mol. The number of methoxy groups -OCH3 is 1. The molecule has 136 valence electrons. The summed E-state index contributed by atoms with van der Waals surface area (Å²) in [7, 11) is 5.69. The number of rotatable bonds is 9. The van der Waals surface area contributed by atoms with E-state index in [1.165, 1.54) is 0 Å². The molecule has 0 N–H and O–H groups in total. The predicted molar refractivity (Wildman–Crippen MR) is 98.6 cm³/mol. The van der Waals surface area contributed by atoms with Gasteiger partial charge in [0.25, 0.3) is 0 Å². The van der Waals surface area contributed by atoms with Crippen molar-refractivity contribution in [3.05, 3.63) is 48.0 Å². The Kier molecular flexibility index (Phi) is 7.01. The van der Waals surface area contributed by atoms with E-state index in [4.69, 9.17) is 4.74 Å². The molecule has 2 rings (SSSR count). The Bertz CT molecular complexity index is 682. The largest absolute Gasteiger partial charge is 0.497 e. The van der Waals surface area contributed by atoms with E-state index in [2.05, 4.69) is 20.5 Å². The Hall–Kier alpha value is -2.34. The normalized spacial score (nSPS) is 10.9. The van der Waals surface area contributed by atoms with Crippen LogP contribution < -0.4 is 4.74 Å².